The van der Waals surface area contributed by atoms with E-state index in [1.165, 1.54) is 25.3 Å². The summed E-state index contributed by atoms with van der Waals surface area (Å²) in [5.41, 5.74) is 0.969. The third-order valence-corrected chi connectivity index (χ3v) is 4.21. The maximum atomic E-state index is 11.0. The second-order valence-corrected chi connectivity index (χ2v) is 5.47. The topological polar surface area (TPSA) is 58.6 Å². The van der Waals surface area contributed by atoms with E-state index in [-0.39, 0.29) is 40.7 Å². The first-order chi connectivity index (χ1) is 9.13. The number of hydrogen-bond acceptors (Lipinski definition) is 4. The van der Waals surface area contributed by atoms with Crippen LogP contribution >= 0.6 is 0 Å². The molecule has 0 N–H and O–H groups in total. The van der Waals surface area contributed by atoms with Gasteiger partial charge in [0.25, 0.3) is 0 Å². The van der Waals surface area contributed by atoms with Crippen LogP contribution in [-0.2, 0) is 6.42 Å². The van der Waals surface area contributed by atoms with Gasteiger partial charge < -0.3 is 19.4 Å². The molecule has 102 valence electrons. The Hall–Kier alpha value is -0.710. The van der Waals surface area contributed by atoms with Crippen LogP contribution in [0.3, 0.4) is 0 Å². The average Bonchev–Trinajstić information content (AvgIpc) is 2.75. The molecule has 0 unspecified atom stereocenters. The van der Waals surface area contributed by atoms with Gasteiger partial charge in [0.1, 0.15) is 17.1 Å². The van der Waals surface area contributed by atoms with Crippen molar-refractivity contribution in [2.45, 2.75) is 44.1 Å². The minimum Gasteiger partial charge on any atom is -0.545 e. The quantitative estimate of drug-likeness (QED) is 0.634. The molecule has 1 aliphatic carbocycles. The van der Waals surface area contributed by atoms with Gasteiger partial charge in [0.2, 0.25) is 0 Å². The zero-order valence-corrected chi connectivity index (χ0v) is 14.0. The van der Waals surface area contributed by atoms with E-state index < -0.39 is 5.97 Å². The molecule has 5 heteroatoms. The van der Waals surface area contributed by atoms with Crippen molar-refractivity contribution >= 4 is 5.97 Å². The normalized spacial score (nSPS) is 18.9. The molecule has 1 fully saturated rings. The number of fused-ring (bicyclic) bond motifs is 1. The first-order valence-corrected chi connectivity index (χ1v) is 6.75. The predicted molar refractivity (Wildman–Crippen MR) is 67.5 cm³/mol. The molecular weight excluding hydrogens is 267 g/mol. The summed E-state index contributed by atoms with van der Waals surface area (Å²) in [7, 11) is 1.56. The molecule has 1 heterocycles. The van der Waals surface area contributed by atoms with E-state index in [4.69, 9.17) is 9.47 Å². The molecule has 1 aromatic rings. The fraction of sp³-hybridized carbons (Fsp3) is 0.533. The summed E-state index contributed by atoms with van der Waals surface area (Å²) in [5.74, 6) is 0.0499. The first-order valence-electron chi connectivity index (χ1n) is 6.75. The second kappa shape index (κ2) is 5.96. The fourth-order valence-electron chi connectivity index (χ4n) is 3.25. The van der Waals surface area contributed by atoms with Crippen molar-refractivity contribution in [1.82, 2.24) is 0 Å². The van der Waals surface area contributed by atoms with Gasteiger partial charge >= 0.3 is 29.6 Å². The van der Waals surface area contributed by atoms with Crippen LogP contribution in [-0.4, -0.2) is 18.7 Å². The molecule has 0 atom stereocenters. The summed E-state index contributed by atoms with van der Waals surface area (Å²) < 4.78 is 11.4. The Labute approximate surface area is 140 Å². The molecular formula is C15H17NaO4. The number of rotatable bonds is 2. The summed E-state index contributed by atoms with van der Waals surface area (Å²) in [6.45, 7) is 0. The molecule has 0 bridgehead atoms. The van der Waals surface area contributed by atoms with Gasteiger partial charge in [-0.1, -0.05) is 6.42 Å². The number of benzene rings is 1. The van der Waals surface area contributed by atoms with E-state index in [0.717, 1.165) is 24.8 Å². The van der Waals surface area contributed by atoms with Crippen LogP contribution in [0.5, 0.6) is 11.5 Å². The van der Waals surface area contributed by atoms with Crippen LogP contribution in [0.4, 0.5) is 0 Å². The van der Waals surface area contributed by atoms with Gasteiger partial charge in [-0.25, -0.2) is 0 Å². The summed E-state index contributed by atoms with van der Waals surface area (Å²) in [5, 5.41) is 11.0. The van der Waals surface area contributed by atoms with Crippen molar-refractivity contribution in [2.24, 2.45) is 0 Å². The van der Waals surface area contributed by atoms with E-state index in [9.17, 15) is 9.90 Å². The molecule has 0 amide bonds. The Morgan fingerprint density at radius 1 is 1.30 bits per heavy atom. The molecule has 1 aliphatic heterocycles. The first kappa shape index (κ1) is 15.7. The van der Waals surface area contributed by atoms with Crippen molar-refractivity contribution < 1.29 is 48.9 Å². The molecule has 0 aromatic heterocycles. The van der Waals surface area contributed by atoms with Gasteiger partial charge in [0, 0.05) is 17.5 Å². The molecule has 0 saturated heterocycles. The van der Waals surface area contributed by atoms with Crippen LogP contribution in [0.25, 0.3) is 0 Å². The molecule has 4 nitrogen and oxygen atoms in total. The van der Waals surface area contributed by atoms with Crippen LogP contribution in [0.1, 0.15) is 48.0 Å². The Bertz CT molecular complexity index is 521. The van der Waals surface area contributed by atoms with Gasteiger partial charge in [-0.05, 0) is 37.8 Å². The van der Waals surface area contributed by atoms with Gasteiger partial charge in [0.15, 0.2) is 0 Å². The molecule has 0 radical (unpaired) electrons. The summed E-state index contributed by atoms with van der Waals surface area (Å²) in [6, 6.07) is 3.09. The number of carbonyl (C=O) groups excluding carboxylic acids is 1. The van der Waals surface area contributed by atoms with Crippen LogP contribution < -0.4 is 44.1 Å². The van der Waals surface area contributed by atoms with Crippen molar-refractivity contribution in [3.63, 3.8) is 0 Å². The Kier molecular flexibility index (Phi) is 4.67. The molecule has 1 saturated carbocycles. The molecule has 20 heavy (non-hydrogen) atoms. The standard InChI is InChI=1S/C15H18O4.Na/c1-18-12-7-10(14(16)17)8-13-11(12)9-15(19-13)5-3-2-4-6-15;/h7-8H,2-6,9H2,1H3,(H,16,17);/q;+1/p-1. The number of carbonyl (C=O) groups is 1. The molecule has 2 aliphatic rings. The van der Waals surface area contributed by atoms with E-state index >= 15 is 0 Å². The van der Waals surface area contributed by atoms with Crippen molar-refractivity contribution in [2.75, 3.05) is 7.11 Å². The zero-order valence-electron chi connectivity index (χ0n) is 12.0. The minimum absolute atomic E-state index is 0. The largest absolute Gasteiger partial charge is 1.00 e. The summed E-state index contributed by atoms with van der Waals surface area (Å²) in [4.78, 5) is 11.0. The van der Waals surface area contributed by atoms with Gasteiger partial charge in [-0.3, -0.25) is 0 Å². The maximum absolute atomic E-state index is 11.0. The monoisotopic (exact) mass is 284 g/mol. The summed E-state index contributed by atoms with van der Waals surface area (Å²) in [6.07, 6.45) is 6.48. The Morgan fingerprint density at radius 3 is 2.60 bits per heavy atom. The van der Waals surface area contributed by atoms with Crippen molar-refractivity contribution in [3.05, 3.63) is 23.3 Å². The van der Waals surface area contributed by atoms with Crippen LogP contribution in [0.15, 0.2) is 12.1 Å². The predicted octanol–water partition coefficient (Wildman–Crippen LogP) is -1.30. The number of carboxylic acid groups (broad SMARTS) is 1. The number of aromatic carboxylic acids is 1. The smallest absolute Gasteiger partial charge is 0.545 e. The fourth-order valence-corrected chi connectivity index (χ4v) is 3.25. The minimum atomic E-state index is -1.20. The van der Waals surface area contributed by atoms with Crippen molar-refractivity contribution in [1.29, 1.82) is 0 Å². The number of hydrogen-bond donors (Lipinski definition) is 0. The average molecular weight is 284 g/mol. The van der Waals surface area contributed by atoms with E-state index in [1.807, 2.05) is 0 Å². The molecule has 1 aromatic carbocycles. The molecule has 1 spiro atoms. The summed E-state index contributed by atoms with van der Waals surface area (Å²) >= 11 is 0. The van der Waals surface area contributed by atoms with Gasteiger partial charge in [0.05, 0.1) is 13.1 Å². The number of carboxylic acids is 1. The van der Waals surface area contributed by atoms with Gasteiger partial charge in [-0.2, -0.15) is 0 Å². The third-order valence-electron chi connectivity index (χ3n) is 4.21. The zero-order chi connectivity index (χ0) is 13.5. The van der Waals surface area contributed by atoms with E-state index in [0.29, 0.717) is 11.5 Å². The van der Waals surface area contributed by atoms with Crippen molar-refractivity contribution in [3.8, 4) is 11.5 Å². The van der Waals surface area contributed by atoms with Crippen LogP contribution in [0.2, 0.25) is 0 Å². The second-order valence-electron chi connectivity index (χ2n) is 5.47. The number of methoxy groups -OCH3 is 1. The Morgan fingerprint density at radius 2 is 2.00 bits per heavy atom. The van der Waals surface area contributed by atoms with E-state index in [1.54, 1.807) is 13.2 Å². The Balaban J connectivity index is 0.00000147. The third kappa shape index (κ3) is 2.69. The molecule has 3 rings (SSSR count). The number of ether oxygens (including phenoxy) is 2. The maximum Gasteiger partial charge on any atom is 1.00 e. The van der Waals surface area contributed by atoms with Gasteiger partial charge in [-0.15, -0.1) is 0 Å². The van der Waals surface area contributed by atoms with E-state index in [2.05, 4.69) is 0 Å². The SMILES string of the molecule is COc1cc(C(=O)[O-])cc2c1CC1(CCCCC1)O2.[Na+]. The van der Waals surface area contributed by atoms with Crippen LogP contribution in [0, 0.1) is 0 Å².